The minimum Gasteiger partial charge on any atom is -0.423 e. The van der Waals surface area contributed by atoms with Crippen molar-refractivity contribution in [1.82, 2.24) is 4.90 Å². The maximum atomic E-state index is 11.9. The van der Waals surface area contributed by atoms with Gasteiger partial charge in [0.05, 0.1) is 0 Å². The number of nitrogens with zero attached hydrogens (tertiary/aromatic N) is 1. The average molecular weight is 260 g/mol. The van der Waals surface area contributed by atoms with E-state index in [0.29, 0.717) is 24.4 Å². The highest BCUT2D eigenvalue weighted by molar-refractivity contribution is 5.92. The quantitative estimate of drug-likeness (QED) is 0.863. The summed E-state index contributed by atoms with van der Waals surface area (Å²) in [6, 6.07) is 8.06. The normalized spacial score (nSPS) is 10.4. The molecular weight excluding hydrogens is 244 g/mol. The van der Waals surface area contributed by atoms with E-state index in [1.165, 1.54) is 6.07 Å². The van der Waals surface area contributed by atoms with E-state index >= 15 is 0 Å². The number of anilines is 1. The number of benzene rings is 1. The van der Waals surface area contributed by atoms with E-state index in [1.807, 2.05) is 13.8 Å². The number of carbonyl (C=O) groups excluding carboxylic acids is 1. The number of carbonyl (C=O) groups is 1. The van der Waals surface area contributed by atoms with Crippen molar-refractivity contribution in [1.29, 1.82) is 0 Å². The van der Waals surface area contributed by atoms with Gasteiger partial charge in [-0.15, -0.1) is 0 Å². The summed E-state index contributed by atoms with van der Waals surface area (Å²) in [6.45, 7) is 5.17. The molecule has 0 aliphatic rings. The van der Waals surface area contributed by atoms with Gasteiger partial charge in [0.15, 0.2) is 0 Å². The topological polar surface area (TPSA) is 62.6 Å². The van der Waals surface area contributed by atoms with Crippen molar-refractivity contribution < 1.29 is 9.21 Å². The molecule has 100 valence electrons. The largest absolute Gasteiger partial charge is 0.423 e. The number of nitrogens with one attached hydrogen (secondary N) is 1. The Hall–Kier alpha value is -2.30. The molecule has 1 aromatic heterocycles. The third-order valence-electron chi connectivity index (χ3n) is 2.92. The van der Waals surface area contributed by atoms with Crippen molar-refractivity contribution >= 4 is 22.7 Å². The van der Waals surface area contributed by atoms with E-state index in [4.69, 9.17) is 4.42 Å². The molecule has 1 aromatic carbocycles. The molecule has 0 saturated heterocycles. The van der Waals surface area contributed by atoms with E-state index in [9.17, 15) is 9.59 Å². The Morgan fingerprint density at radius 1 is 1.21 bits per heavy atom. The van der Waals surface area contributed by atoms with Gasteiger partial charge in [-0.1, -0.05) is 0 Å². The summed E-state index contributed by atoms with van der Waals surface area (Å²) >= 11 is 0. The molecule has 5 nitrogen and oxygen atoms in total. The van der Waals surface area contributed by atoms with Gasteiger partial charge in [-0.2, -0.15) is 0 Å². The maximum Gasteiger partial charge on any atom is 0.336 e. The Morgan fingerprint density at radius 3 is 2.63 bits per heavy atom. The van der Waals surface area contributed by atoms with Crippen LogP contribution in [-0.2, 0) is 0 Å². The van der Waals surface area contributed by atoms with Crippen molar-refractivity contribution in [2.24, 2.45) is 0 Å². The standard InChI is InChI=1S/C14H16N2O3/c1-3-16(4-2)14(18)15-11-6-7-12-10(9-11)5-8-13(17)19-12/h5-9H,3-4H2,1-2H3,(H,15,18). The van der Waals surface area contributed by atoms with E-state index < -0.39 is 0 Å². The zero-order chi connectivity index (χ0) is 13.8. The first-order chi connectivity index (χ1) is 9.13. The second kappa shape index (κ2) is 5.56. The lowest BCUT2D eigenvalue weighted by Crippen LogP contribution is -2.34. The Kier molecular flexibility index (Phi) is 3.85. The van der Waals surface area contributed by atoms with Gasteiger partial charge < -0.3 is 14.6 Å². The lowest BCUT2D eigenvalue weighted by atomic mass is 10.2. The summed E-state index contributed by atoms with van der Waals surface area (Å²) in [5.41, 5.74) is 0.805. The lowest BCUT2D eigenvalue weighted by Gasteiger charge is -2.19. The fourth-order valence-electron chi connectivity index (χ4n) is 1.86. The molecule has 1 N–H and O–H groups in total. The van der Waals surface area contributed by atoms with E-state index in [2.05, 4.69) is 5.32 Å². The lowest BCUT2D eigenvalue weighted by molar-refractivity contribution is 0.217. The van der Waals surface area contributed by atoms with Crippen LogP contribution < -0.4 is 10.9 Å². The highest BCUT2D eigenvalue weighted by Gasteiger charge is 2.09. The third kappa shape index (κ3) is 2.93. The fourth-order valence-corrected chi connectivity index (χ4v) is 1.86. The van der Waals surface area contributed by atoms with Crippen LogP contribution in [0.2, 0.25) is 0 Å². The van der Waals surface area contributed by atoms with Crippen LogP contribution in [0.5, 0.6) is 0 Å². The molecule has 0 aliphatic carbocycles. The molecular formula is C14H16N2O3. The highest BCUT2D eigenvalue weighted by Crippen LogP contribution is 2.17. The number of fused-ring (bicyclic) bond motifs is 1. The first-order valence-corrected chi connectivity index (χ1v) is 6.24. The Morgan fingerprint density at radius 2 is 1.95 bits per heavy atom. The van der Waals surface area contributed by atoms with Gasteiger partial charge in [0.2, 0.25) is 0 Å². The van der Waals surface area contributed by atoms with Crippen LogP contribution in [-0.4, -0.2) is 24.0 Å². The molecule has 0 radical (unpaired) electrons. The molecule has 2 aromatic rings. The van der Waals surface area contributed by atoms with Gasteiger partial charge in [-0.25, -0.2) is 9.59 Å². The molecule has 1 heterocycles. The minimum atomic E-state index is -0.382. The molecule has 0 unspecified atom stereocenters. The molecule has 2 amide bonds. The third-order valence-corrected chi connectivity index (χ3v) is 2.92. The maximum absolute atomic E-state index is 11.9. The van der Waals surface area contributed by atoms with E-state index in [1.54, 1.807) is 29.2 Å². The van der Waals surface area contributed by atoms with Crippen LogP contribution in [0.1, 0.15) is 13.8 Å². The molecule has 19 heavy (non-hydrogen) atoms. The first-order valence-electron chi connectivity index (χ1n) is 6.24. The van der Waals surface area contributed by atoms with E-state index in [0.717, 1.165) is 5.39 Å². The van der Waals surface area contributed by atoms with Crippen molar-refractivity contribution in [3.05, 3.63) is 40.8 Å². The van der Waals surface area contributed by atoms with Gasteiger partial charge in [-0.05, 0) is 38.1 Å². The zero-order valence-electron chi connectivity index (χ0n) is 11.0. The predicted molar refractivity (Wildman–Crippen MR) is 74.4 cm³/mol. The molecule has 0 spiro atoms. The number of hydrogen-bond acceptors (Lipinski definition) is 3. The molecule has 0 saturated carbocycles. The van der Waals surface area contributed by atoms with Crippen molar-refractivity contribution in [2.45, 2.75) is 13.8 Å². The summed E-state index contributed by atoms with van der Waals surface area (Å²) in [5.74, 6) is 0. The summed E-state index contributed by atoms with van der Waals surface area (Å²) in [4.78, 5) is 24.7. The summed E-state index contributed by atoms with van der Waals surface area (Å²) in [7, 11) is 0. The summed E-state index contributed by atoms with van der Waals surface area (Å²) in [5, 5.41) is 3.59. The molecule has 2 rings (SSSR count). The van der Waals surface area contributed by atoms with Crippen LogP contribution >= 0.6 is 0 Å². The van der Waals surface area contributed by atoms with Crippen LogP contribution in [0.4, 0.5) is 10.5 Å². The molecule has 0 fully saturated rings. The smallest absolute Gasteiger partial charge is 0.336 e. The van der Waals surface area contributed by atoms with Crippen molar-refractivity contribution in [3.8, 4) is 0 Å². The van der Waals surface area contributed by atoms with Crippen LogP contribution in [0.25, 0.3) is 11.0 Å². The fraction of sp³-hybridized carbons (Fsp3) is 0.286. The van der Waals surface area contributed by atoms with Crippen LogP contribution in [0, 0.1) is 0 Å². The number of rotatable bonds is 3. The molecule has 0 bridgehead atoms. The highest BCUT2D eigenvalue weighted by atomic mass is 16.4. The zero-order valence-corrected chi connectivity index (χ0v) is 11.0. The number of hydrogen-bond donors (Lipinski definition) is 1. The SMILES string of the molecule is CCN(CC)C(=O)Nc1ccc2oc(=O)ccc2c1. The number of urea groups is 1. The van der Waals surface area contributed by atoms with Gasteiger partial charge >= 0.3 is 11.7 Å². The monoisotopic (exact) mass is 260 g/mol. The molecule has 5 heteroatoms. The summed E-state index contributed by atoms with van der Waals surface area (Å²) < 4.78 is 5.03. The van der Waals surface area contributed by atoms with Gasteiger partial charge in [-0.3, -0.25) is 0 Å². The minimum absolute atomic E-state index is 0.137. The van der Waals surface area contributed by atoms with Gasteiger partial charge in [0, 0.05) is 30.2 Å². The van der Waals surface area contributed by atoms with Crippen molar-refractivity contribution in [2.75, 3.05) is 18.4 Å². The van der Waals surface area contributed by atoms with E-state index in [-0.39, 0.29) is 11.7 Å². The van der Waals surface area contributed by atoms with Crippen LogP contribution in [0.3, 0.4) is 0 Å². The Balaban J connectivity index is 2.24. The van der Waals surface area contributed by atoms with Gasteiger partial charge in [0.25, 0.3) is 0 Å². The Bertz CT molecular complexity index is 644. The predicted octanol–water partition coefficient (Wildman–Crippen LogP) is 2.67. The summed E-state index contributed by atoms with van der Waals surface area (Å²) in [6.07, 6.45) is 0. The average Bonchev–Trinajstić information content (AvgIpc) is 2.40. The second-order valence-electron chi connectivity index (χ2n) is 4.11. The Labute approximate surface area is 110 Å². The molecule has 0 aliphatic heterocycles. The van der Waals surface area contributed by atoms with Crippen LogP contribution in [0.15, 0.2) is 39.5 Å². The second-order valence-corrected chi connectivity index (χ2v) is 4.11. The van der Waals surface area contributed by atoms with Crippen molar-refractivity contribution in [3.63, 3.8) is 0 Å². The first kappa shape index (κ1) is 13.1. The molecule has 0 atom stereocenters. The number of amides is 2. The van der Waals surface area contributed by atoms with Gasteiger partial charge in [0.1, 0.15) is 5.58 Å².